The lowest BCUT2D eigenvalue weighted by atomic mass is 10.0. The third-order valence-electron chi connectivity index (χ3n) is 3.26. The number of ketones is 1. The van der Waals surface area contributed by atoms with Crippen molar-refractivity contribution in [2.75, 3.05) is 0 Å². The topological polar surface area (TPSA) is 71.4 Å². The van der Waals surface area contributed by atoms with Crippen LogP contribution in [0.5, 0.6) is 0 Å². The van der Waals surface area contributed by atoms with Crippen molar-refractivity contribution in [3.63, 3.8) is 0 Å². The summed E-state index contributed by atoms with van der Waals surface area (Å²) in [5.74, 6) is 0.241. The summed E-state index contributed by atoms with van der Waals surface area (Å²) >= 11 is 0. The number of unbranched alkanes of at least 4 members (excludes halogenated alkanes) is 5. The Balaban J connectivity index is 3.55. The van der Waals surface area contributed by atoms with E-state index in [0.29, 0.717) is 12.8 Å². The van der Waals surface area contributed by atoms with Crippen molar-refractivity contribution in [2.45, 2.75) is 76.9 Å². The standard InChI is InChI=1S/C13H26O4S/c1-12(14)10-8-6-4-5-7-9-11-13(2,3)18(15,16)17/h4-11H2,1-3H3,(H,15,16,17). The average molecular weight is 278 g/mol. The molecule has 0 aromatic heterocycles. The summed E-state index contributed by atoms with van der Waals surface area (Å²) in [6.45, 7) is 4.71. The Kier molecular flexibility index (Phi) is 7.71. The van der Waals surface area contributed by atoms with Crippen LogP contribution in [0.15, 0.2) is 0 Å². The van der Waals surface area contributed by atoms with Crippen LogP contribution < -0.4 is 0 Å². The van der Waals surface area contributed by atoms with Crippen LogP contribution in [-0.2, 0) is 14.9 Å². The summed E-state index contributed by atoms with van der Waals surface area (Å²) in [4.78, 5) is 10.7. The van der Waals surface area contributed by atoms with Crippen molar-refractivity contribution in [2.24, 2.45) is 0 Å². The number of rotatable bonds is 10. The molecule has 0 aliphatic rings. The zero-order valence-corrected chi connectivity index (χ0v) is 12.6. The van der Waals surface area contributed by atoms with Gasteiger partial charge >= 0.3 is 0 Å². The number of hydrogen-bond acceptors (Lipinski definition) is 3. The number of carbonyl (C=O) groups excluding carboxylic acids is 1. The summed E-state index contributed by atoms with van der Waals surface area (Å²) in [6.07, 6.45) is 7.07. The summed E-state index contributed by atoms with van der Waals surface area (Å²) in [7, 11) is -3.95. The first-order valence-corrected chi connectivity index (χ1v) is 8.07. The Bertz CT molecular complexity index is 344. The molecule has 1 N–H and O–H groups in total. The average Bonchev–Trinajstić information content (AvgIpc) is 2.19. The van der Waals surface area contributed by atoms with E-state index in [-0.39, 0.29) is 5.78 Å². The maximum atomic E-state index is 11.0. The van der Waals surface area contributed by atoms with E-state index in [9.17, 15) is 13.2 Å². The Morgan fingerprint density at radius 2 is 1.44 bits per heavy atom. The van der Waals surface area contributed by atoms with E-state index in [0.717, 1.165) is 38.5 Å². The molecule has 0 saturated carbocycles. The van der Waals surface area contributed by atoms with Gasteiger partial charge in [-0.05, 0) is 33.6 Å². The Morgan fingerprint density at radius 3 is 1.89 bits per heavy atom. The van der Waals surface area contributed by atoms with Crippen LogP contribution in [-0.4, -0.2) is 23.5 Å². The first kappa shape index (κ1) is 17.6. The largest absolute Gasteiger partial charge is 0.300 e. The van der Waals surface area contributed by atoms with Gasteiger partial charge in [0.1, 0.15) is 5.78 Å². The summed E-state index contributed by atoms with van der Waals surface area (Å²) in [5.41, 5.74) is 0. The highest BCUT2D eigenvalue weighted by Crippen LogP contribution is 2.23. The zero-order chi connectivity index (χ0) is 14.2. The van der Waals surface area contributed by atoms with E-state index in [4.69, 9.17) is 4.55 Å². The first-order valence-electron chi connectivity index (χ1n) is 6.63. The highest BCUT2D eigenvalue weighted by molar-refractivity contribution is 7.87. The van der Waals surface area contributed by atoms with Gasteiger partial charge in [-0.2, -0.15) is 8.42 Å². The quantitative estimate of drug-likeness (QED) is 0.491. The third kappa shape index (κ3) is 7.82. The van der Waals surface area contributed by atoms with Crippen molar-refractivity contribution in [1.82, 2.24) is 0 Å². The Morgan fingerprint density at radius 1 is 1.00 bits per heavy atom. The predicted octanol–water partition coefficient (Wildman–Crippen LogP) is 3.36. The Labute approximate surface area is 111 Å². The fourth-order valence-electron chi connectivity index (χ4n) is 1.76. The minimum atomic E-state index is -3.95. The van der Waals surface area contributed by atoms with Crippen molar-refractivity contribution in [3.05, 3.63) is 0 Å². The highest BCUT2D eigenvalue weighted by Gasteiger charge is 2.31. The summed E-state index contributed by atoms with van der Waals surface area (Å²) in [5, 5.41) is 0. The molecule has 0 heterocycles. The molecule has 0 spiro atoms. The molecule has 0 aromatic carbocycles. The highest BCUT2D eigenvalue weighted by atomic mass is 32.2. The van der Waals surface area contributed by atoms with Crippen LogP contribution in [0.3, 0.4) is 0 Å². The van der Waals surface area contributed by atoms with Gasteiger partial charge in [0.25, 0.3) is 10.1 Å². The molecule has 0 amide bonds. The fourth-order valence-corrected chi connectivity index (χ4v) is 2.16. The lowest BCUT2D eigenvalue weighted by Crippen LogP contribution is -2.31. The smallest absolute Gasteiger partial charge is 0.270 e. The molecule has 108 valence electrons. The number of Topliss-reactive ketones (excluding diaryl/α,β-unsaturated/α-hetero) is 1. The van der Waals surface area contributed by atoms with Gasteiger partial charge in [0.05, 0.1) is 4.75 Å². The van der Waals surface area contributed by atoms with Crippen LogP contribution >= 0.6 is 0 Å². The van der Waals surface area contributed by atoms with Gasteiger partial charge in [0, 0.05) is 6.42 Å². The van der Waals surface area contributed by atoms with E-state index in [1.807, 2.05) is 0 Å². The molecule has 0 saturated heterocycles. The van der Waals surface area contributed by atoms with Crippen LogP contribution in [0.4, 0.5) is 0 Å². The van der Waals surface area contributed by atoms with E-state index >= 15 is 0 Å². The molecule has 5 heteroatoms. The maximum Gasteiger partial charge on any atom is 0.270 e. The van der Waals surface area contributed by atoms with Crippen LogP contribution in [0.25, 0.3) is 0 Å². The second-order valence-electron chi connectivity index (χ2n) is 5.56. The molecule has 0 rings (SSSR count). The molecule has 0 aliphatic carbocycles. The minimum absolute atomic E-state index is 0.241. The molecular weight excluding hydrogens is 252 g/mol. The maximum absolute atomic E-state index is 11.0. The van der Waals surface area contributed by atoms with Gasteiger partial charge in [-0.15, -0.1) is 0 Å². The second kappa shape index (κ2) is 7.89. The second-order valence-corrected chi connectivity index (χ2v) is 7.61. The van der Waals surface area contributed by atoms with Gasteiger partial charge < -0.3 is 4.79 Å². The fraction of sp³-hybridized carbons (Fsp3) is 0.923. The lowest BCUT2D eigenvalue weighted by molar-refractivity contribution is -0.117. The van der Waals surface area contributed by atoms with Gasteiger partial charge in [-0.1, -0.05) is 32.1 Å². The molecule has 4 nitrogen and oxygen atoms in total. The van der Waals surface area contributed by atoms with Crippen molar-refractivity contribution < 1.29 is 17.8 Å². The van der Waals surface area contributed by atoms with E-state index in [1.165, 1.54) is 0 Å². The van der Waals surface area contributed by atoms with Crippen molar-refractivity contribution in [1.29, 1.82) is 0 Å². The first-order chi connectivity index (χ1) is 8.17. The van der Waals surface area contributed by atoms with Crippen LogP contribution in [0.2, 0.25) is 0 Å². The van der Waals surface area contributed by atoms with Gasteiger partial charge in [0.2, 0.25) is 0 Å². The van der Waals surface area contributed by atoms with Gasteiger partial charge in [-0.3, -0.25) is 4.55 Å². The number of carbonyl (C=O) groups is 1. The van der Waals surface area contributed by atoms with E-state index in [1.54, 1.807) is 20.8 Å². The third-order valence-corrected chi connectivity index (χ3v) is 4.86. The van der Waals surface area contributed by atoms with Crippen molar-refractivity contribution >= 4 is 15.9 Å². The molecule has 18 heavy (non-hydrogen) atoms. The van der Waals surface area contributed by atoms with Gasteiger partial charge in [-0.25, -0.2) is 0 Å². The minimum Gasteiger partial charge on any atom is -0.300 e. The molecule has 0 unspecified atom stereocenters. The van der Waals surface area contributed by atoms with Crippen LogP contribution in [0.1, 0.15) is 72.1 Å². The molecule has 0 aliphatic heterocycles. The number of hydrogen-bond donors (Lipinski definition) is 1. The monoisotopic (exact) mass is 278 g/mol. The molecule has 0 radical (unpaired) electrons. The lowest BCUT2D eigenvalue weighted by Gasteiger charge is -2.20. The normalized spacial score (nSPS) is 12.7. The van der Waals surface area contributed by atoms with Crippen LogP contribution in [0, 0.1) is 0 Å². The van der Waals surface area contributed by atoms with E-state index < -0.39 is 14.9 Å². The Hall–Kier alpha value is -0.420. The molecule has 0 fully saturated rings. The zero-order valence-electron chi connectivity index (χ0n) is 11.7. The summed E-state index contributed by atoms with van der Waals surface area (Å²) in [6, 6.07) is 0. The SMILES string of the molecule is CC(=O)CCCCCCCCC(C)(C)S(=O)(=O)O. The van der Waals surface area contributed by atoms with E-state index in [2.05, 4.69) is 0 Å². The summed E-state index contributed by atoms with van der Waals surface area (Å²) < 4.78 is 30.1. The predicted molar refractivity (Wildman–Crippen MR) is 73.2 cm³/mol. The van der Waals surface area contributed by atoms with Crippen molar-refractivity contribution in [3.8, 4) is 0 Å². The molecule has 0 atom stereocenters. The molecular formula is C13H26O4S. The molecule has 0 aromatic rings. The van der Waals surface area contributed by atoms with Gasteiger partial charge in [0.15, 0.2) is 0 Å². The molecule has 0 bridgehead atoms.